The van der Waals surface area contributed by atoms with Gasteiger partial charge in [0, 0.05) is 5.92 Å². The standard InChI is InChI=1S/C14H20N2O/c1-10-8-12(6-7-14(10)17-5)11(2)13(9-15)16(3)4/h6-8,11,13H,1-5H3. The average molecular weight is 232 g/mol. The molecule has 2 unspecified atom stereocenters. The third-order valence-electron chi connectivity index (χ3n) is 3.11. The molecule has 17 heavy (non-hydrogen) atoms. The smallest absolute Gasteiger partial charge is 0.121 e. The van der Waals surface area contributed by atoms with Crippen LogP contribution in [0.2, 0.25) is 0 Å². The number of nitriles is 1. The number of nitrogens with zero attached hydrogens (tertiary/aromatic N) is 2. The third kappa shape index (κ3) is 2.98. The number of ether oxygens (including phenoxy) is 1. The van der Waals surface area contributed by atoms with Crippen LogP contribution in [-0.2, 0) is 0 Å². The SMILES string of the molecule is COc1ccc(C(C)C(C#N)N(C)C)cc1C. The van der Waals surface area contributed by atoms with Crippen LogP contribution in [0.5, 0.6) is 5.75 Å². The van der Waals surface area contributed by atoms with E-state index in [9.17, 15) is 5.26 Å². The molecule has 0 aliphatic heterocycles. The first-order valence-corrected chi connectivity index (χ1v) is 5.71. The molecule has 0 bridgehead atoms. The van der Waals surface area contributed by atoms with Crippen molar-refractivity contribution in [3.63, 3.8) is 0 Å². The average Bonchev–Trinajstić information content (AvgIpc) is 2.29. The second-order valence-electron chi connectivity index (χ2n) is 4.56. The first-order chi connectivity index (χ1) is 8.01. The van der Waals surface area contributed by atoms with Crippen LogP contribution < -0.4 is 4.74 Å². The van der Waals surface area contributed by atoms with Crippen LogP contribution in [0.1, 0.15) is 24.0 Å². The van der Waals surface area contributed by atoms with Gasteiger partial charge in [0.15, 0.2) is 0 Å². The van der Waals surface area contributed by atoms with Crippen LogP contribution in [0.4, 0.5) is 0 Å². The Bertz CT molecular complexity index is 421. The molecule has 0 heterocycles. The number of likely N-dealkylation sites (N-methyl/N-ethyl adjacent to an activating group) is 1. The van der Waals surface area contributed by atoms with Crippen LogP contribution >= 0.6 is 0 Å². The zero-order valence-corrected chi connectivity index (χ0v) is 11.2. The molecular formula is C14H20N2O. The van der Waals surface area contributed by atoms with Crippen molar-refractivity contribution in [2.75, 3.05) is 21.2 Å². The fraction of sp³-hybridized carbons (Fsp3) is 0.500. The van der Waals surface area contributed by atoms with Gasteiger partial charge in [-0.25, -0.2) is 0 Å². The zero-order valence-electron chi connectivity index (χ0n) is 11.2. The minimum absolute atomic E-state index is 0.109. The highest BCUT2D eigenvalue weighted by Crippen LogP contribution is 2.26. The van der Waals surface area contributed by atoms with E-state index in [4.69, 9.17) is 4.74 Å². The summed E-state index contributed by atoms with van der Waals surface area (Å²) in [7, 11) is 5.53. The summed E-state index contributed by atoms with van der Waals surface area (Å²) >= 11 is 0. The van der Waals surface area contributed by atoms with Gasteiger partial charge in [0.25, 0.3) is 0 Å². The number of benzene rings is 1. The molecule has 1 rings (SSSR count). The molecule has 0 radical (unpaired) electrons. The first-order valence-electron chi connectivity index (χ1n) is 5.71. The molecule has 1 aromatic rings. The van der Waals surface area contributed by atoms with E-state index in [1.165, 1.54) is 5.56 Å². The van der Waals surface area contributed by atoms with Gasteiger partial charge < -0.3 is 4.74 Å². The van der Waals surface area contributed by atoms with Crippen LogP contribution in [0.25, 0.3) is 0 Å². The van der Waals surface area contributed by atoms with Gasteiger partial charge in [0.2, 0.25) is 0 Å². The normalized spacial score (nSPS) is 14.2. The molecule has 0 N–H and O–H groups in total. The van der Waals surface area contributed by atoms with Gasteiger partial charge >= 0.3 is 0 Å². The Kier molecular flexibility index (Phi) is 4.53. The Morgan fingerprint density at radius 2 is 2.00 bits per heavy atom. The quantitative estimate of drug-likeness (QED) is 0.800. The van der Waals surface area contributed by atoms with E-state index in [0.717, 1.165) is 11.3 Å². The van der Waals surface area contributed by atoms with E-state index in [2.05, 4.69) is 19.1 Å². The summed E-state index contributed by atoms with van der Waals surface area (Å²) in [6.45, 7) is 4.10. The lowest BCUT2D eigenvalue weighted by Gasteiger charge is -2.24. The minimum atomic E-state index is -0.109. The van der Waals surface area contributed by atoms with Gasteiger partial charge in [0.05, 0.1) is 13.2 Å². The maximum absolute atomic E-state index is 9.18. The predicted octanol–water partition coefficient (Wildman–Crippen LogP) is 2.56. The molecule has 0 saturated heterocycles. The maximum atomic E-state index is 9.18. The maximum Gasteiger partial charge on any atom is 0.121 e. The Morgan fingerprint density at radius 3 is 2.41 bits per heavy atom. The molecule has 0 fully saturated rings. The van der Waals surface area contributed by atoms with Gasteiger partial charge in [-0.3, -0.25) is 4.90 Å². The second kappa shape index (κ2) is 5.70. The molecule has 0 aliphatic rings. The summed E-state index contributed by atoms with van der Waals surface area (Å²) in [5.74, 6) is 1.07. The van der Waals surface area contributed by atoms with Crippen molar-refractivity contribution in [2.24, 2.45) is 0 Å². The number of rotatable bonds is 4. The molecule has 1 aromatic carbocycles. The van der Waals surface area contributed by atoms with Gasteiger partial charge in [-0.15, -0.1) is 0 Å². The summed E-state index contributed by atoms with van der Waals surface area (Å²) in [5.41, 5.74) is 2.27. The number of hydrogen-bond acceptors (Lipinski definition) is 3. The summed E-state index contributed by atoms with van der Waals surface area (Å²) in [4.78, 5) is 1.95. The molecule has 0 aliphatic carbocycles. The Balaban J connectivity index is 3.01. The van der Waals surface area contributed by atoms with E-state index in [1.54, 1.807) is 7.11 Å². The van der Waals surface area contributed by atoms with Crippen molar-refractivity contribution >= 4 is 0 Å². The van der Waals surface area contributed by atoms with Crippen LogP contribution in [-0.4, -0.2) is 32.1 Å². The molecule has 0 amide bonds. The first kappa shape index (κ1) is 13.5. The molecule has 0 spiro atoms. The fourth-order valence-electron chi connectivity index (χ4n) is 2.04. The summed E-state index contributed by atoms with van der Waals surface area (Å²) < 4.78 is 5.24. The summed E-state index contributed by atoms with van der Waals surface area (Å²) in [6.07, 6.45) is 0. The summed E-state index contributed by atoms with van der Waals surface area (Å²) in [5, 5.41) is 9.18. The highest BCUT2D eigenvalue weighted by molar-refractivity contribution is 5.38. The molecule has 3 nitrogen and oxygen atoms in total. The monoisotopic (exact) mass is 232 g/mol. The fourth-order valence-corrected chi connectivity index (χ4v) is 2.04. The van der Waals surface area contributed by atoms with E-state index >= 15 is 0 Å². The van der Waals surface area contributed by atoms with E-state index in [0.29, 0.717) is 0 Å². The van der Waals surface area contributed by atoms with Crippen LogP contribution in [0, 0.1) is 18.3 Å². The van der Waals surface area contributed by atoms with Gasteiger partial charge in [0.1, 0.15) is 11.8 Å². The van der Waals surface area contributed by atoms with Crippen molar-refractivity contribution in [3.05, 3.63) is 29.3 Å². The Labute approximate surface area is 104 Å². The van der Waals surface area contributed by atoms with Gasteiger partial charge in [-0.2, -0.15) is 5.26 Å². The molecule has 0 saturated carbocycles. The largest absolute Gasteiger partial charge is 0.496 e. The second-order valence-corrected chi connectivity index (χ2v) is 4.56. The van der Waals surface area contributed by atoms with Gasteiger partial charge in [-0.05, 0) is 38.2 Å². The Hall–Kier alpha value is -1.53. The predicted molar refractivity (Wildman–Crippen MR) is 69.2 cm³/mol. The van der Waals surface area contributed by atoms with Gasteiger partial charge in [-0.1, -0.05) is 19.1 Å². The topological polar surface area (TPSA) is 36.3 Å². The lowest BCUT2D eigenvalue weighted by molar-refractivity contribution is 0.316. The Morgan fingerprint density at radius 1 is 1.35 bits per heavy atom. The number of hydrogen-bond donors (Lipinski definition) is 0. The van der Waals surface area contributed by atoms with Crippen molar-refractivity contribution in [1.29, 1.82) is 5.26 Å². The molecule has 92 valence electrons. The lowest BCUT2D eigenvalue weighted by Crippen LogP contribution is -2.31. The summed E-state index contributed by atoms with van der Waals surface area (Å²) in [6, 6.07) is 8.32. The minimum Gasteiger partial charge on any atom is -0.496 e. The molecule has 2 atom stereocenters. The highest BCUT2D eigenvalue weighted by Gasteiger charge is 2.20. The van der Waals surface area contributed by atoms with E-state index < -0.39 is 0 Å². The zero-order chi connectivity index (χ0) is 13.0. The van der Waals surface area contributed by atoms with E-state index in [-0.39, 0.29) is 12.0 Å². The molecule has 3 heteroatoms. The third-order valence-corrected chi connectivity index (χ3v) is 3.11. The van der Waals surface area contributed by atoms with Crippen LogP contribution in [0.15, 0.2) is 18.2 Å². The van der Waals surface area contributed by atoms with Crippen molar-refractivity contribution in [3.8, 4) is 11.8 Å². The number of aryl methyl sites for hydroxylation is 1. The molecule has 0 aromatic heterocycles. The highest BCUT2D eigenvalue weighted by atomic mass is 16.5. The number of methoxy groups -OCH3 is 1. The van der Waals surface area contributed by atoms with Crippen molar-refractivity contribution < 1.29 is 4.74 Å². The van der Waals surface area contributed by atoms with Crippen molar-refractivity contribution in [2.45, 2.75) is 25.8 Å². The molecular weight excluding hydrogens is 212 g/mol. The lowest BCUT2D eigenvalue weighted by atomic mass is 9.92. The van der Waals surface area contributed by atoms with Crippen molar-refractivity contribution in [1.82, 2.24) is 4.90 Å². The van der Waals surface area contributed by atoms with Crippen LogP contribution in [0.3, 0.4) is 0 Å². The van der Waals surface area contributed by atoms with E-state index in [1.807, 2.05) is 38.1 Å².